The highest BCUT2D eigenvalue weighted by atomic mass is 16.5. The number of imidazole rings is 1. The highest BCUT2D eigenvalue weighted by Gasteiger charge is 2.47. The second-order valence-electron chi connectivity index (χ2n) is 8.61. The van der Waals surface area contributed by atoms with Crippen molar-refractivity contribution in [2.45, 2.75) is 45.4 Å². The smallest absolute Gasteiger partial charge is 0.153 e. The van der Waals surface area contributed by atoms with Crippen molar-refractivity contribution in [2.75, 3.05) is 24.6 Å². The third-order valence-corrected chi connectivity index (χ3v) is 6.87. The number of piperidine rings is 1. The van der Waals surface area contributed by atoms with Crippen molar-refractivity contribution in [2.24, 2.45) is 11.1 Å². The predicted molar refractivity (Wildman–Crippen MR) is 115 cm³/mol. The number of aromatic nitrogens is 4. The molecule has 1 spiro atoms. The molecule has 0 bridgehead atoms. The van der Waals surface area contributed by atoms with Gasteiger partial charge in [0.05, 0.1) is 48.1 Å². The number of aryl methyl sites for hydroxylation is 1. The maximum Gasteiger partial charge on any atom is 0.153 e. The van der Waals surface area contributed by atoms with Crippen molar-refractivity contribution in [3.05, 3.63) is 35.9 Å². The molecule has 30 heavy (non-hydrogen) atoms. The number of nitrogens with zero attached hydrogens (tertiary/aromatic N) is 4. The number of H-pyrrole nitrogens is 1. The maximum atomic E-state index is 10.0. The van der Waals surface area contributed by atoms with E-state index in [2.05, 4.69) is 21.8 Å². The van der Waals surface area contributed by atoms with E-state index < -0.39 is 0 Å². The number of aromatic amines is 1. The lowest BCUT2D eigenvalue weighted by atomic mass is 9.73. The van der Waals surface area contributed by atoms with Crippen LogP contribution in [0.15, 0.2) is 24.5 Å². The first-order valence-corrected chi connectivity index (χ1v) is 10.5. The fourth-order valence-electron chi connectivity index (χ4n) is 4.89. The van der Waals surface area contributed by atoms with Crippen molar-refractivity contribution >= 4 is 16.9 Å². The van der Waals surface area contributed by atoms with Gasteiger partial charge in [0.15, 0.2) is 5.82 Å². The highest BCUT2D eigenvalue weighted by molar-refractivity contribution is 5.81. The standard InChI is InChI=1S/C22H28N6O2/c1-13-19(15-3-4-16-17(9-15)25-12-24-16)27-18(10-29)21(26-13)28-7-5-22(6-8-28)11-30-14(2)20(22)23/h3-4,9,12,14,20,29H,5-8,10-11,23H2,1-2H3,(H,24,25)/t14-,20?/m0/s1. The van der Waals surface area contributed by atoms with E-state index in [0.29, 0.717) is 5.69 Å². The summed E-state index contributed by atoms with van der Waals surface area (Å²) in [6, 6.07) is 6.05. The molecule has 0 radical (unpaired) electrons. The summed E-state index contributed by atoms with van der Waals surface area (Å²) in [7, 11) is 0. The maximum absolute atomic E-state index is 10.0. The first-order chi connectivity index (χ1) is 14.5. The van der Waals surface area contributed by atoms with Crippen molar-refractivity contribution in [1.29, 1.82) is 0 Å². The number of nitrogens with two attached hydrogens (primary N) is 1. The number of aliphatic hydroxyl groups excluding tert-OH is 1. The molecular weight excluding hydrogens is 380 g/mol. The van der Waals surface area contributed by atoms with Gasteiger partial charge in [-0.3, -0.25) is 0 Å². The Morgan fingerprint density at radius 2 is 2.10 bits per heavy atom. The van der Waals surface area contributed by atoms with E-state index in [-0.39, 0.29) is 24.2 Å². The Balaban J connectivity index is 1.43. The number of benzene rings is 1. The topological polar surface area (TPSA) is 113 Å². The minimum atomic E-state index is -0.150. The number of rotatable bonds is 3. The quantitative estimate of drug-likeness (QED) is 0.608. The molecule has 4 heterocycles. The number of ether oxygens (including phenoxy) is 1. The van der Waals surface area contributed by atoms with Crippen molar-refractivity contribution in [1.82, 2.24) is 19.9 Å². The third kappa shape index (κ3) is 3.07. The van der Waals surface area contributed by atoms with Gasteiger partial charge in [0.2, 0.25) is 0 Å². The zero-order valence-electron chi connectivity index (χ0n) is 17.4. The zero-order valence-corrected chi connectivity index (χ0v) is 17.4. The molecule has 2 aromatic heterocycles. The number of aliphatic hydroxyl groups is 1. The molecule has 2 aliphatic heterocycles. The molecule has 158 valence electrons. The van der Waals surface area contributed by atoms with Gasteiger partial charge >= 0.3 is 0 Å². The molecule has 3 aromatic rings. The monoisotopic (exact) mass is 408 g/mol. The van der Waals surface area contributed by atoms with Gasteiger partial charge in [-0.1, -0.05) is 6.07 Å². The lowest BCUT2D eigenvalue weighted by Gasteiger charge is -2.42. The minimum Gasteiger partial charge on any atom is -0.390 e. The Kier molecular flexibility index (Phi) is 4.72. The van der Waals surface area contributed by atoms with Gasteiger partial charge in [-0.05, 0) is 38.8 Å². The van der Waals surface area contributed by atoms with Gasteiger partial charge in [-0.15, -0.1) is 0 Å². The molecule has 4 N–H and O–H groups in total. The highest BCUT2D eigenvalue weighted by Crippen LogP contribution is 2.42. The van der Waals surface area contributed by atoms with Crippen molar-refractivity contribution in [3.63, 3.8) is 0 Å². The molecule has 1 unspecified atom stereocenters. The Morgan fingerprint density at radius 3 is 2.80 bits per heavy atom. The molecule has 0 aliphatic carbocycles. The average Bonchev–Trinajstić information content (AvgIpc) is 3.34. The summed E-state index contributed by atoms with van der Waals surface area (Å²) in [5, 5.41) is 10.0. The first kappa shape index (κ1) is 19.4. The molecular formula is C22H28N6O2. The van der Waals surface area contributed by atoms with Crippen molar-refractivity contribution in [3.8, 4) is 11.3 Å². The fraction of sp³-hybridized carbons (Fsp3) is 0.500. The molecule has 8 heteroatoms. The molecule has 0 amide bonds. The molecule has 8 nitrogen and oxygen atoms in total. The van der Waals surface area contributed by atoms with Crippen molar-refractivity contribution < 1.29 is 9.84 Å². The molecule has 0 saturated carbocycles. The van der Waals surface area contributed by atoms with E-state index >= 15 is 0 Å². The van der Waals surface area contributed by atoms with Crippen LogP contribution < -0.4 is 10.6 Å². The van der Waals surface area contributed by atoms with Crippen LogP contribution in [0.25, 0.3) is 22.3 Å². The van der Waals surface area contributed by atoms with Gasteiger partial charge in [0.25, 0.3) is 0 Å². The number of nitrogens with one attached hydrogen (secondary N) is 1. The van der Waals surface area contributed by atoms with E-state index in [9.17, 15) is 5.11 Å². The normalized spacial score (nSPS) is 23.5. The van der Waals surface area contributed by atoms with Gasteiger partial charge in [0.1, 0.15) is 5.69 Å². The molecule has 2 atom stereocenters. The van der Waals surface area contributed by atoms with Crippen LogP contribution in [0, 0.1) is 12.3 Å². The number of hydrogen-bond acceptors (Lipinski definition) is 7. The van der Waals surface area contributed by atoms with E-state index in [4.69, 9.17) is 20.4 Å². The number of fused-ring (bicyclic) bond motifs is 1. The second kappa shape index (κ2) is 7.30. The fourth-order valence-corrected chi connectivity index (χ4v) is 4.89. The molecule has 5 rings (SSSR count). The summed E-state index contributed by atoms with van der Waals surface area (Å²) in [6.45, 7) is 6.29. The summed E-state index contributed by atoms with van der Waals surface area (Å²) in [5.74, 6) is 0.775. The molecule has 2 saturated heterocycles. The largest absolute Gasteiger partial charge is 0.390 e. The Hall–Kier alpha value is -2.55. The minimum absolute atomic E-state index is 0.0528. The van der Waals surface area contributed by atoms with E-state index in [1.807, 2.05) is 25.1 Å². The van der Waals surface area contributed by atoms with Crippen LogP contribution in [0.3, 0.4) is 0 Å². The van der Waals surface area contributed by atoms with Crippen LogP contribution in [0.1, 0.15) is 31.2 Å². The Labute approximate surface area is 175 Å². The predicted octanol–water partition coefficient (Wildman–Crippen LogP) is 2.15. The Bertz CT molecular complexity index is 1070. The zero-order chi connectivity index (χ0) is 20.9. The van der Waals surface area contributed by atoms with Crippen LogP contribution in [0.2, 0.25) is 0 Å². The van der Waals surface area contributed by atoms with Crippen LogP contribution in [-0.4, -0.2) is 56.9 Å². The number of anilines is 1. The van der Waals surface area contributed by atoms with Crippen LogP contribution in [0.4, 0.5) is 5.82 Å². The van der Waals surface area contributed by atoms with Gasteiger partial charge in [0, 0.05) is 30.1 Å². The third-order valence-electron chi connectivity index (χ3n) is 6.87. The molecule has 1 aromatic carbocycles. The summed E-state index contributed by atoms with van der Waals surface area (Å²) in [4.78, 5) is 19.3. The summed E-state index contributed by atoms with van der Waals surface area (Å²) >= 11 is 0. The SMILES string of the molecule is Cc1nc(N2CCC3(CC2)CO[C@@H](C)C3N)c(CO)nc1-c1ccc2nc[nH]c2c1. The van der Waals surface area contributed by atoms with E-state index in [1.54, 1.807) is 6.33 Å². The average molecular weight is 409 g/mol. The molecule has 2 aliphatic rings. The van der Waals surface area contributed by atoms with Gasteiger partial charge in [-0.2, -0.15) is 0 Å². The van der Waals surface area contributed by atoms with Gasteiger partial charge < -0.3 is 25.5 Å². The summed E-state index contributed by atoms with van der Waals surface area (Å²) in [5.41, 5.74) is 11.6. The Morgan fingerprint density at radius 1 is 1.30 bits per heavy atom. The summed E-state index contributed by atoms with van der Waals surface area (Å²) < 4.78 is 5.83. The van der Waals surface area contributed by atoms with Gasteiger partial charge in [-0.25, -0.2) is 15.0 Å². The number of hydrogen-bond donors (Lipinski definition) is 3. The van der Waals surface area contributed by atoms with E-state index in [1.165, 1.54) is 0 Å². The summed E-state index contributed by atoms with van der Waals surface area (Å²) in [6.07, 6.45) is 3.71. The second-order valence-corrected chi connectivity index (χ2v) is 8.61. The first-order valence-electron chi connectivity index (χ1n) is 10.5. The lowest BCUT2D eigenvalue weighted by molar-refractivity contribution is 0.0973. The molecule has 2 fully saturated rings. The van der Waals surface area contributed by atoms with E-state index in [0.717, 1.165) is 66.3 Å². The van der Waals surface area contributed by atoms with Crippen LogP contribution >= 0.6 is 0 Å². The lowest BCUT2D eigenvalue weighted by Crippen LogP contribution is -2.51. The van der Waals surface area contributed by atoms with Crippen LogP contribution in [0.5, 0.6) is 0 Å². The van der Waals surface area contributed by atoms with Crippen LogP contribution in [-0.2, 0) is 11.3 Å².